The summed E-state index contributed by atoms with van der Waals surface area (Å²) in [7, 11) is 0. The monoisotopic (exact) mass is 353 g/mol. The average molecular weight is 353 g/mol. The minimum Gasteiger partial charge on any atom is -0.492 e. The highest BCUT2D eigenvalue weighted by Gasteiger charge is 2.10. The molecule has 1 amide bonds. The van der Waals surface area contributed by atoms with Crippen molar-refractivity contribution in [2.24, 2.45) is 0 Å². The highest BCUT2D eigenvalue weighted by molar-refractivity contribution is 6.02. The van der Waals surface area contributed by atoms with Crippen LogP contribution in [0, 0.1) is 5.82 Å². The molecule has 6 nitrogen and oxygen atoms in total. The molecular weight excluding hydrogens is 337 g/mol. The molecule has 1 heterocycles. The number of ether oxygens (including phenoxy) is 1. The lowest BCUT2D eigenvalue weighted by molar-refractivity contribution is 0.101. The third-order valence-electron chi connectivity index (χ3n) is 3.50. The number of benzene rings is 2. The number of hydrogen-bond acceptors (Lipinski definition) is 4. The van der Waals surface area contributed by atoms with Crippen molar-refractivity contribution in [1.29, 1.82) is 0 Å². The van der Waals surface area contributed by atoms with Gasteiger partial charge in [0.05, 0.1) is 6.54 Å². The minimum atomic E-state index is -0.534. The normalized spacial score (nSPS) is 10.3. The third kappa shape index (κ3) is 4.54. The molecule has 3 rings (SSSR count). The molecule has 0 saturated heterocycles. The molecule has 0 radical (unpaired) electrons. The molecule has 3 aromatic rings. The van der Waals surface area contributed by atoms with Crippen LogP contribution in [0.25, 0.3) is 0 Å². The van der Waals surface area contributed by atoms with Crippen LogP contribution in [0.3, 0.4) is 0 Å². The second-order valence-electron chi connectivity index (χ2n) is 5.41. The van der Waals surface area contributed by atoms with E-state index in [-0.39, 0.29) is 24.4 Å². The fraction of sp³-hybridized carbons (Fsp3) is 0.105. The molecule has 0 bridgehead atoms. The van der Waals surface area contributed by atoms with Gasteiger partial charge in [0, 0.05) is 11.8 Å². The first-order valence-electron chi connectivity index (χ1n) is 7.95. The van der Waals surface area contributed by atoms with Crippen LogP contribution in [-0.2, 0) is 6.54 Å². The number of halogens is 1. The van der Waals surface area contributed by atoms with Crippen LogP contribution in [0.5, 0.6) is 5.75 Å². The van der Waals surface area contributed by atoms with E-state index < -0.39 is 11.7 Å². The van der Waals surface area contributed by atoms with Gasteiger partial charge < -0.3 is 10.1 Å². The van der Waals surface area contributed by atoms with Gasteiger partial charge in [-0.1, -0.05) is 24.3 Å². The van der Waals surface area contributed by atoms with Crippen LogP contribution in [0.15, 0.2) is 71.5 Å². The van der Waals surface area contributed by atoms with Crippen LogP contribution in [0.1, 0.15) is 10.5 Å². The first-order valence-corrected chi connectivity index (χ1v) is 7.95. The maximum atomic E-state index is 13.2. The van der Waals surface area contributed by atoms with Crippen LogP contribution in [0.4, 0.5) is 10.1 Å². The van der Waals surface area contributed by atoms with Crippen LogP contribution in [0.2, 0.25) is 0 Å². The zero-order chi connectivity index (χ0) is 18.4. The van der Waals surface area contributed by atoms with Crippen molar-refractivity contribution >= 4 is 11.6 Å². The molecule has 132 valence electrons. The molecule has 0 spiro atoms. The fourth-order valence-electron chi connectivity index (χ4n) is 2.26. The smallest absolute Gasteiger partial charge is 0.276 e. The molecule has 0 fully saturated rings. The van der Waals surface area contributed by atoms with Gasteiger partial charge in [0.1, 0.15) is 23.9 Å². The molecule has 7 heteroatoms. The zero-order valence-corrected chi connectivity index (χ0v) is 13.8. The lowest BCUT2D eigenvalue weighted by atomic mass is 10.3. The number of carbonyl (C=O) groups excluding carboxylic acids is 1. The lowest BCUT2D eigenvalue weighted by Gasteiger charge is -2.09. The first-order chi connectivity index (χ1) is 12.6. The second-order valence-corrected chi connectivity index (χ2v) is 5.41. The highest BCUT2D eigenvalue weighted by atomic mass is 19.1. The van der Waals surface area contributed by atoms with E-state index in [0.29, 0.717) is 11.4 Å². The SMILES string of the molecule is O=C(Nc1cccc(F)c1)c1ccc(=O)n(CCOc2ccccc2)n1. The molecule has 0 unspecified atom stereocenters. The van der Waals surface area contributed by atoms with Crippen molar-refractivity contribution in [3.05, 3.63) is 88.6 Å². The molecule has 0 aliphatic rings. The Morgan fingerprint density at radius 2 is 1.88 bits per heavy atom. The van der Waals surface area contributed by atoms with Crippen LogP contribution in [-0.4, -0.2) is 22.3 Å². The van der Waals surface area contributed by atoms with Crippen molar-refractivity contribution < 1.29 is 13.9 Å². The molecule has 0 saturated carbocycles. The Bertz CT molecular complexity index is 957. The number of hydrogen-bond donors (Lipinski definition) is 1. The van der Waals surface area contributed by atoms with E-state index in [1.54, 1.807) is 18.2 Å². The fourth-order valence-corrected chi connectivity index (χ4v) is 2.26. The number of amides is 1. The van der Waals surface area contributed by atoms with Crippen LogP contribution >= 0.6 is 0 Å². The van der Waals surface area contributed by atoms with E-state index in [1.807, 2.05) is 18.2 Å². The second kappa shape index (κ2) is 8.06. The molecule has 1 aromatic heterocycles. The van der Waals surface area contributed by atoms with Crippen LogP contribution < -0.4 is 15.6 Å². The Morgan fingerprint density at radius 1 is 1.08 bits per heavy atom. The Hall–Kier alpha value is -3.48. The quantitative estimate of drug-likeness (QED) is 0.739. The summed E-state index contributed by atoms with van der Waals surface area (Å²) >= 11 is 0. The van der Waals surface area contributed by atoms with E-state index in [4.69, 9.17) is 4.74 Å². The van der Waals surface area contributed by atoms with Crippen molar-refractivity contribution in [2.45, 2.75) is 6.54 Å². The van der Waals surface area contributed by atoms with Crippen molar-refractivity contribution in [3.8, 4) is 5.75 Å². The number of nitrogens with zero attached hydrogens (tertiary/aromatic N) is 2. The summed E-state index contributed by atoms with van der Waals surface area (Å²) in [5, 5.41) is 6.58. The van der Waals surface area contributed by atoms with Crippen molar-refractivity contribution in [3.63, 3.8) is 0 Å². The Kier molecular flexibility index (Phi) is 5.38. The number of rotatable bonds is 6. The molecule has 0 aliphatic carbocycles. The summed E-state index contributed by atoms with van der Waals surface area (Å²) in [6.07, 6.45) is 0. The van der Waals surface area contributed by atoms with Gasteiger partial charge in [-0.25, -0.2) is 9.07 Å². The van der Waals surface area contributed by atoms with E-state index in [1.165, 1.54) is 30.3 Å². The largest absolute Gasteiger partial charge is 0.492 e. The van der Waals surface area contributed by atoms with Gasteiger partial charge in [0.2, 0.25) is 0 Å². The third-order valence-corrected chi connectivity index (χ3v) is 3.50. The van der Waals surface area contributed by atoms with Gasteiger partial charge in [0.15, 0.2) is 0 Å². The van der Waals surface area contributed by atoms with E-state index in [0.717, 1.165) is 4.68 Å². The van der Waals surface area contributed by atoms with Gasteiger partial charge >= 0.3 is 0 Å². The van der Waals surface area contributed by atoms with E-state index in [9.17, 15) is 14.0 Å². The standard InChI is InChI=1S/C19H16FN3O3/c20-14-5-4-6-15(13-14)21-19(25)17-9-10-18(24)23(22-17)11-12-26-16-7-2-1-3-8-16/h1-10,13H,11-12H2,(H,21,25). The van der Waals surface area contributed by atoms with Crippen molar-refractivity contribution in [2.75, 3.05) is 11.9 Å². The molecule has 0 atom stereocenters. The zero-order valence-electron chi connectivity index (χ0n) is 13.8. The predicted octanol–water partition coefficient (Wildman–Crippen LogP) is 2.71. The summed E-state index contributed by atoms with van der Waals surface area (Å²) in [6, 6.07) is 17.3. The number of nitrogens with one attached hydrogen (secondary N) is 1. The first kappa shape index (κ1) is 17.3. The summed E-state index contributed by atoms with van der Waals surface area (Å²) in [4.78, 5) is 24.1. The van der Waals surface area contributed by atoms with Crippen molar-refractivity contribution in [1.82, 2.24) is 9.78 Å². The molecular formula is C19H16FN3O3. The maximum Gasteiger partial charge on any atom is 0.276 e. The maximum absolute atomic E-state index is 13.2. The number of para-hydroxylation sites is 1. The lowest BCUT2D eigenvalue weighted by Crippen LogP contribution is -2.28. The van der Waals surface area contributed by atoms with Gasteiger partial charge in [-0.2, -0.15) is 5.10 Å². The summed E-state index contributed by atoms with van der Waals surface area (Å²) < 4.78 is 19.9. The average Bonchev–Trinajstić information content (AvgIpc) is 2.64. The molecule has 2 aromatic carbocycles. The Balaban J connectivity index is 1.66. The van der Waals surface area contributed by atoms with E-state index >= 15 is 0 Å². The predicted molar refractivity (Wildman–Crippen MR) is 94.8 cm³/mol. The van der Waals surface area contributed by atoms with Gasteiger partial charge in [-0.05, 0) is 36.4 Å². The highest BCUT2D eigenvalue weighted by Crippen LogP contribution is 2.10. The summed E-state index contributed by atoms with van der Waals surface area (Å²) in [5.41, 5.74) is 0.0134. The Labute approximate surface area is 148 Å². The van der Waals surface area contributed by atoms with Gasteiger partial charge in [0.25, 0.3) is 11.5 Å². The summed E-state index contributed by atoms with van der Waals surface area (Å²) in [6.45, 7) is 0.417. The topological polar surface area (TPSA) is 73.2 Å². The van der Waals surface area contributed by atoms with Gasteiger partial charge in [-0.3, -0.25) is 9.59 Å². The molecule has 26 heavy (non-hydrogen) atoms. The minimum absolute atomic E-state index is 0.0496. The number of anilines is 1. The Morgan fingerprint density at radius 3 is 2.65 bits per heavy atom. The molecule has 0 aliphatic heterocycles. The summed E-state index contributed by atoms with van der Waals surface area (Å²) in [5.74, 6) is -0.312. The van der Waals surface area contributed by atoms with Gasteiger partial charge in [-0.15, -0.1) is 0 Å². The van der Waals surface area contributed by atoms with E-state index in [2.05, 4.69) is 10.4 Å². The molecule has 1 N–H and O–H groups in total. The number of carbonyl (C=O) groups is 1. The number of aromatic nitrogens is 2.